The monoisotopic (exact) mass is 342 g/mol. The number of hydrogen-bond donors (Lipinski definition) is 2. The van der Waals surface area contributed by atoms with Gasteiger partial charge in [-0.25, -0.2) is 0 Å². The minimum absolute atomic E-state index is 0.0762. The van der Waals surface area contributed by atoms with Gasteiger partial charge in [-0.05, 0) is 24.5 Å². The lowest BCUT2D eigenvalue weighted by molar-refractivity contribution is -0.112. The average Bonchev–Trinajstić information content (AvgIpc) is 2.64. The van der Waals surface area contributed by atoms with Crippen LogP contribution in [0.4, 0.5) is 5.69 Å². The molecule has 1 fully saturated rings. The van der Waals surface area contributed by atoms with Crippen LogP contribution >= 0.6 is 0 Å². The summed E-state index contributed by atoms with van der Waals surface area (Å²) in [5, 5.41) is 15.2. The molecule has 1 heterocycles. The molecule has 6 nitrogen and oxygen atoms in total. The number of carbonyl (C=O) groups excluding carboxylic acids is 1. The predicted octanol–water partition coefficient (Wildman–Crippen LogP) is 1.83. The second-order valence-corrected chi connectivity index (χ2v) is 5.99. The van der Waals surface area contributed by atoms with Crippen molar-refractivity contribution in [2.45, 2.75) is 20.3 Å². The fourth-order valence-electron chi connectivity index (χ4n) is 2.75. The van der Waals surface area contributed by atoms with Gasteiger partial charge in [0.2, 0.25) is 0 Å². The van der Waals surface area contributed by atoms with Crippen molar-refractivity contribution in [3.8, 4) is 6.07 Å². The van der Waals surface area contributed by atoms with Crippen LogP contribution in [0.25, 0.3) is 0 Å². The molecule has 1 aromatic carbocycles. The van der Waals surface area contributed by atoms with Crippen molar-refractivity contribution in [1.82, 2.24) is 10.2 Å². The van der Waals surface area contributed by atoms with Gasteiger partial charge >= 0.3 is 0 Å². The van der Waals surface area contributed by atoms with E-state index in [1.54, 1.807) is 0 Å². The van der Waals surface area contributed by atoms with E-state index in [0.29, 0.717) is 6.54 Å². The first-order chi connectivity index (χ1) is 12.2. The van der Waals surface area contributed by atoms with Gasteiger partial charge in [-0.15, -0.1) is 0 Å². The zero-order chi connectivity index (χ0) is 18.1. The van der Waals surface area contributed by atoms with E-state index in [0.717, 1.165) is 56.1 Å². The summed E-state index contributed by atoms with van der Waals surface area (Å²) in [6.45, 7) is 8.90. The van der Waals surface area contributed by atoms with Gasteiger partial charge < -0.3 is 15.4 Å². The highest BCUT2D eigenvalue weighted by molar-refractivity contribution is 6.07. The Morgan fingerprint density at radius 2 is 2.16 bits per heavy atom. The highest BCUT2D eigenvalue weighted by atomic mass is 16.5. The second-order valence-electron chi connectivity index (χ2n) is 5.99. The summed E-state index contributed by atoms with van der Waals surface area (Å²) in [5.74, 6) is -0.384. The van der Waals surface area contributed by atoms with Crippen molar-refractivity contribution in [3.05, 3.63) is 41.1 Å². The van der Waals surface area contributed by atoms with Gasteiger partial charge in [0.05, 0.1) is 13.2 Å². The molecule has 0 radical (unpaired) electrons. The lowest BCUT2D eigenvalue weighted by Crippen LogP contribution is -2.39. The molecule has 0 aliphatic carbocycles. The van der Waals surface area contributed by atoms with Gasteiger partial charge in [-0.3, -0.25) is 9.69 Å². The minimum Gasteiger partial charge on any atom is -0.388 e. The number of morpholine rings is 1. The van der Waals surface area contributed by atoms with E-state index in [1.807, 2.05) is 38.1 Å². The summed E-state index contributed by atoms with van der Waals surface area (Å²) in [5.41, 5.74) is 2.92. The first-order valence-electron chi connectivity index (χ1n) is 8.69. The van der Waals surface area contributed by atoms with Gasteiger partial charge in [-0.1, -0.05) is 25.1 Å². The molecule has 1 aliphatic rings. The average molecular weight is 342 g/mol. The van der Waals surface area contributed by atoms with Crippen LogP contribution in [0.2, 0.25) is 0 Å². The van der Waals surface area contributed by atoms with Gasteiger partial charge in [0.15, 0.2) is 0 Å². The third-order valence-electron chi connectivity index (χ3n) is 4.27. The molecule has 0 saturated carbocycles. The van der Waals surface area contributed by atoms with Gasteiger partial charge in [0.1, 0.15) is 11.6 Å². The molecule has 0 bridgehead atoms. The summed E-state index contributed by atoms with van der Waals surface area (Å²) in [7, 11) is 0. The van der Waals surface area contributed by atoms with E-state index in [1.165, 1.54) is 6.20 Å². The topological polar surface area (TPSA) is 77.4 Å². The van der Waals surface area contributed by atoms with Gasteiger partial charge in [0.25, 0.3) is 5.91 Å². The van der Waals surface area contributed by atoms with Crippen LogP contribution in [0.15, 0.2) is 30.0 Å². The molecule has 2 N–H and O–H groups in total. The molecule has 1 aliphatic heterocycles. The quantitative estimate of drug-likeness (QED) is 0.449. The van der Waals surface area contributed by atoms with Crippen molar-refractivity contribution in [2.75, 3.05) is 44.7 Å². The van der Waals surface area contributed by atoms with Crippen LogP contribution in [0.5, 0.6) is 0 Å². The molecular weight excluding hydrogens is 316 g/mol. The highest BCUT2D eigenvalue weighted by Crippen LogP contribution is 2.21. The first-order valence-corrected chi connectivity index (χ1v) is 8.69. The number of nitrogens with zero attached hydrogens (tertiary/aromatic N) is 2. The van der Waals surface area contributed by atoms with Gasteiger partial charge in [-0.2, -0.15) is 5.26 Å². The van der Waals surface area contributed by atoms with Crippen LogP contribution < -0.4 is 10.6 Å². The largest absolute Gasteiger partial charge is 0.388 e. The molecule has 0 spiro atoms. The van der Waals surface area contributed by atoms with Crippen LogP contribution in [-0.2, 0) is 16.0 Å². The summed E-state index contributed by atoms with van der Waals surface area (Å²) in [6.07, 6.45) is 2.32. The minimum atomic E-state index is -0.384. The highest BCUT2D eigenvalue weighted by Gasteiger charge is 2.13. The maximum atomic E-state index is 12.4. The number of para-hydroxylation sites is 1. The summed E-state index contributed by atoms with van der Waals surface area (Å²) in [4.78, 5) is 14.7. The Kier molecular flexibility index (Phi) is 7.45. The number of aryl methyl sites for hydroxylation is 2. The molecule has 134 valence electrons. The Labute approximate surface area is 149 Å². The van der Waals surface area contributed by atoms with Crippen LogP contribution in [-0.4, -0.2) is 50.2 Å². The molecule has 1 aromatic rings. The maximum Gasteiger partial charge on any atom is 0.267 e. The molecule has 0 atom stereocenters. The molecule has 0 aromatic heterocycles. The zero-order valence-electron chi connectivity index (χ0n) is 15.0. The van der Waals surface area contributed by atoms with Gasteiger partial charge in [0, 0.05) is 38.1 Å². The number of anilines is 1. The second kappa shape index (κ2) is 9.82. The number of benzene rings is 1. The van der Waals surface area contributed by atoms with E-state index in [2.05, 4.69) is 15.5 Å². The third kappa shape index (κ3) is 5.59. The van der Waals surface area contributed by atoms with E-state index >= 15 is 0 Å². The molecule has 2 rings (SSSR count). The molecule has 25 heavy (non-hydrogen) atoms. The molecule has 1 amide bonds. The maximum absolute atomic E-state index is 12.4. The van der Waals surface area contributed by atoms with Crippen molar-refractivity contribution in [2.24, 2.45) is 0 Å². The predicted molar refractivity (Wildman–Crippen MR) is 98.1 cm³/mol. The lowest BCUT2D eigenvalue weighted by Gasteiger charge is -2.26. The fraction of sp³-hybridized carbons (Fsp3) is 0.474. The van der Waals surface area contributed by atoms with Crippen LogP contribution in [0.3, 0.4) is 0 Å². The first kappa shape index (κ1) is 19.0. The van der Waals surface area contributed by atoms with E-state index in [4.69, 9.17) is 4.74 Å². The molecule has 1 saturated heterocycles. The molecular formula is C19H26N4O2. The number of rotatable bonds is 7. The fourth-order valence-corrected chi connectivity index (χ4v) is 2.75. The van der Waals surface area contributed by atoms with Crippen molar-refractivity contribution in [1.29, 1.82) is 5.26 Å². The van der Waals surface area contributed by atoms with Crippen LogP contribution in [0.1, 0.15) is 18.1 Å². The summed E-state index contributed by atoms with van der Waals surface area (Å²) in [6, 6.07) is 7.88. The Morgan fingerprint density at radius 1 is 1.40 bits per heavy atom. The number of hydrogen-bond acceptors (Lipinski definition) is 5. The molecule has 0 unspecified atom stereocenters. The molecule has 6 heteroatoms. The Balaban J connectivity index is 1.91. The number of amides is 1. The van der Waals surface area contributed by atoms with E-state index in [-0.39, 0.29) is 11.5 Å². The SMILES string of the molecule is CCc1cccc(C)c1NC(=O)/C(C#N)=C\NCCN1CCOCC1. The lowest BCUT2D eigenvalue weighted by atomic mass is 10.1. The number of nitriles is 1. The number of nitrogens with one attached hydrogen (secondary N) is 2. The van der Waals surface area contributed by atoms with Crippen molar-refractivity contribution >= 4 is 11.6 Å². The van der Waals surface area contributed by atoms with E-state index in [9.17, 15) is 10.1 Å². The zero-order valence-corrected chi connectivity index (χ0v) is 15.0. The smallest absolute Gasteiger partial charge is 0.267 e. The van der Waals surface area contributed by atoms with E-state index < -0.39 is 0 Å². The van der Waals surface area contributed by atoms with Crippen molar-refractivity contribution in [3.63, 3.8) is 0 Å². The number of carbonyl (C=O) groups is 1. The van der Waals surface area contributed by atoms with Crippen LogP contribution in [0, 0.1) is 18.3 Å². The Bertz CT molecular complexity index is 658. The summed E-state index contributed by atoms with van der Waals surface area (Å²) < 4.78 is 5.31. The standard InChI is InChI=1S/C19H26N4O2/c1-3-16-6-4-5-15(2)18(16)22-19(24)17(13-20)14-21-7-8-23-9-11-25-12-10-23/h4-6,14,21H,3,7-12H2,1-2H3,(H,22,24)/b17-14-. The Morgan fingerprint density at radius 3 is 2.84 bits per heavy atom. The third-order valence-corrected chi connectivity index (χ3v) is 4.27. The summed E-state index contributed by atoms with van der Waals surface area (Å²) >= 11 is 0. The Hall–Kier alpha value is -2.36. The van der Waals surface area contributed by atoms with Crippen molar-refractivity contribution < 1.29 is 9.53 Å². The normalized spacial score (nSPS) is 15.5. The number of ether oxygens (including phenoxy) is 1.